The number of nitrogens with two attached hydrogens (primary N) is 1. The summed E-state index contributed by atoms with van der Waals surface area (Å²) in [4.78, 5) is 32.7. The number of aromatic nitrogens is 1. The zero-order chi connectivity index (χ0) is 27.4. The van der Waals surface area contributed by atoms with Crippen LogP contribution < -0.4 is 16.0 Å². The number of fused-ring (bicyclic) bond motifs is 2. The number of methoxy groups -OCH3 is 1. The van der Waals surface area contributed by atoms with Crippen LogP contribution in [0.5, 0.6) is 5.75 Å². The molecule has 1 amide bonds. The van der Waals surface area contributed by atoms with Gasteiger partial charge < -0.3 is 25.0 Å². The van der Waals surface area contributed by atoms with Gasteiger partial charge in [0.1, 0.15) is 11.6 Å². The SMILES string of the molecule is CCCN(CCC)C(=O)C1=Cc2c(cc(-c3c#cc4c(=O)n(CCO)c(C)cc4c3)cc2OC)N=C(N)C1. The summed E-state index contributed by atoms with van der Waals surface area (Å²) in [5, 5.41) is 10.4. The third-order valence-electron chi connectivity index (χ3n) is 6.64. The van der Waals surface area contributed by atoms with Crippen molar-refractivity contribution in [1.82, 2.24) is 9.47 Å². The first-order valence-electron chi connectivity index (χ1n) is 13.0. The first-order valence-corrected chi connectivity index (χ1v) is 13.0. The van der Waals surface area contributed by atoms with Crippen molar-refractivity contribution in [2.24, 2.45) is 10.7 Å². The number of pyridine rings is 1. The van der Waals surface area contributed by atoms with Gasteiger partial charge >= 0.3 is 0 Å². The molecule has 2 aromatic carbocycles. The van der Waals surface area contributed by atoms with Crippen molar-refractivity contribution in [3.05, 3.63) is 63.6 Å². The van der Waals surface area contributed by atoms with Crippen LogP contribution in [-0.2, 0) is 11.3 Å². The van der Waals surface area contributed by atoms with Gasteiger partial charge in [0, 0.05) is 48.4 Å². The van der Waals surface area contributed by atoms with E-state index in [0.29, 0.717) is 52.4 Å². The number of hydrogen-bond acceptors (Lipinski definition) is 6. The van der Waals surface area contributed by atoms with E-state index in [2.05, 4.69) is 31.0 Å². The fourth-order valence-corrected chi connectivity index (χ4v) is 4.87. The van der Waals surface area contributed by atoms with Crippen molar-refractivity contribution >= 4 is 34.3 Å². The molecule has 1 aliphatic rings. The highest BCUT2D eigenvalue weighted by molar-refractivity contribution is 6.06. The maximum absolute atomic E-state index is 13.4. The molecule has 1 aliphatic heterocycles. The monoisotopic (exact) mass is 514 g/mol. The molecule has 0 bridgehead atoms. The lowest BCUT2D eigenvalue weighted by molar-refractivity contribution is -0.127. The molecular weight excluding hydrogens is 480 g/mol. The Labute approximate surface area is 223 Å². The second-order valence-corrected chi connectivity index (χ2v) is 9.46. The fraction of sp³-hybridized carbons (Fsp3) is 0.367. The Morgan fingerprint density at radius 3 is 2.58 bits per heavy atom. The van der Waals surface area contributed by atoms with Crippen molar-refractivity contribution in [3.63, 3.8) is 0 Å². The molecule has 2 heterocycles. The van der Waals surface area contributed by atoms with E-state index in [0.717, 1.165) is 29.5 Å². The maximum atomic E-state index is 13.4. The van der Waals surface area contributed by atoms with Crippen molar-refractivity contribution in [1.29, 1.82) is 0 Å². The van der Waals surface area contributed by atoms with Crippen molar-refractivity contribution < 1.29 is 14.6 Å². The smallest absolute Gasteiger partial charge is 0.267 e. The number of aryl methyl sites for hydroxylation is 1. The third kappa shape index (κ3) is 5.29. The Morgan fingerprint density at radius 1 is 1.18 bits per heavy atom. The van der Waals surface area contributed by atoms with Gasteiger partial charge in [-0.05, 0) is 61.1 Å². The Bertz CT molecular complexity index is 1480. The number of benzene rings is 1. The summed E-state index contributed by atoms with van der Waals surface area (Å²) in [5.41, 5.74) is 10.2. The number of amidine groups is 1. The molecule has 8 nitrogen and oxygen atoms in total. The minimum absolute atomic E-state index is 0.0366. The van der Waals surface area contributed by atoms with Crippen LogP contribution in [0.2, 0.25) is 0 Å². The molecule has 0 fully saturated rings. The number of aliphatic hydroxyl groups is 1. The Hall–Kier alpha value is -4.09. The van der Waals surface area contributed by atoms with Gasteiger partial charge in [0.15, 0.2) is 0 Å². The number of rotatable bonds is 9. The van der Waals surface area contributed by atoms with Crippen LogP contribution in [0.3, 0.4) is 0 Å². The topological polar surface area (TPSA) is 110 Å². The number of aliphatic hydroxyl groups excluding tert-OH is 1. The summed E-state index contributed by atoms with van der Waals surface area (Å²) < 4.78 is 7.27. The van der Waals surface area contributed by atoms with Crippen LogP contribution in [0.4, 0.5) is 5.69 Å². The normalized spacial score (nSPS) is 12.8. The van der Waals surface area contributed by atoms with Gasteiger partial charge in [-0.1, -0.05) is 26.0 Å². The molecule has 1 aromatic heterocycles. The van der Waals surface area contributed by atoms with Gasteiger partial charge in [-0.2, -0.15) is 0 Å². The number of ether oxygens (including phenoxy) is 1. The third-order valence-corrected chi connectivity index (χ3v) is 6.64. The minimum Gasteiger partial charge on any atom is -0.496 e. The number of aliphatic imine (C=N–C) groups is 1. The highest BCUT2D eigenvalue weighted by atomic mass is 16.5. The standard InChI is InChI=1S/C30H34N4O4/c1-5-9-33(10-6-2)29(36)23-15-25-26(32-28(31)18-23)16-21(17-27(25)38-4)20-7-8-24-22(14-20)13-19(3)34(11-12-35)30(24)37/h13-17,35H,5-6,9-12,18H2,1-4H3,(H2,31,32). The summed E-state index contributed by atoms with van der Waals surface area (Å²) in [6.45, 7) is 7.42. The molecule has 4 rings (SSSR count). The lowest BCUT2D eigenvalue weighted by Crippen LogP contribution is -2.34. The van der Waals surface area contributed by atoms with Crippen LogP contribution in [0.15, 0.2) is 39.6 Å². The van der Waals surface area contributed by atoms with Crippen LogP contribution in [0.1, 0.15) is 44.4 Å². The molecule has 3 N–H and O–H groups in total. The number of carbonyl (C=O) groups is 1. The highest BCUT2D eigenvalue weighted by Gasteiger charge is 2.23. The zero-order valence-electron chi connectivity index (χ0n) is 22.4. The molecular formula is C30H34N4O4. The van der Waals surface area contributed by atoms with Crippen LogP contribution >= 0.6 is 0 Å². The van der Waals surface area contributed by atoms with Crippen LogP contribution in [0.25, 0.3) is 28.0 Å². The lowest BCUT2D eigenvalue weighted by atomic mass is 9.99. The van der Waals surface area contributed by atoms with Gasteiger partial charge in [0.2, 0.25) is 5.91 Å². The average molecular weight is 515 g/mol. The van der Waals surface area contributed by atoms with Crippen molar-refractivity contribution in [3.8, 4) is 16.9 Å². The Morgan fingerprint density at radius 2 is 1.92 bits per heavy atom. The summed E-state index contributed by atoms with van der Waals surface area (Å²) in [7, 11) is 1.58. The Balaban J connectivity index is 1.81. The molecule has 0 aliphatic carbocycles. The van der Waals surface area contributed by atoms with E-state index in [9.17, 15) is 14.7 Å². The van der Waals surface area contributed by atoms with E-state index in [1.165, 1.54) is 4.57 Å². The molecule has 198 valence electrons. The quantitative estimate of drug-likeness (QED) is 0.449. The average Bonchev–Trinajstić information content (AvgIpc) is 3.07. The predicted octanol–water partition coefficient (Wildman–Crippen LogP) is 4.00. The van der Waals surface area contributed by atoms with Gasteiger partial charge in [-0.15, -0.1) is 0 Å². The summed E-state index contributed by atoms with van der Waals surface area (Å²) in [5.74, 6) is 0.872. The lowest BCUT2D eigenvalue weighted by Gasteiger charge is -2.22. The second kappa shape index (κ2) is 11.5. The maximum Gasteiger partial charge on any atom is 0.267 e. The Kier molecular flexibility index (Phi) is 8.18. The molecule has 3 aromatic rings. The molecule has 8 heteroatoms. The molecule has 0 spiro atoms. The zero-order valence-corrected chi connectivity index (χ0v) is 22.4. The summed E-state index contributed by atoms with van der Waals surface area (Å²) in [6.07, 6.45) is 3.84. The molecule has 0 saturated heterocycles. The van der Waals surface area contributed by atoms with Gasteiger partial charge in [0.05, 0.1) is 24.8 Å². The fourth-order valence-electron chi connectivity index (χ4n) is 4.87. The molecule has 0 radical (unpaired) electrons. The van der Waals surface area contributed by atoms with E-state index in [1.54, 1.807) is 7.11 Å². The minimum atomic E-state index is -0.212. The predicted molar refractivity (Wildman–Crippen MR) is 151 cm³/mol. The molecule has 0 unspecified atom stereocenters. The van der Waals surface area contributed by atoms with E-state index in [4.69, 9.17) is 10.5 Å². The first-order chi connectivity index (χ1) is 18.3. The second-order valence-electron chi connectivity index (χ2n) is 9.46. The molecule has 0 saturated carbocycles. The number of amides is 1. The van der Waals surface area contributed by atoms with E-state index >= 15 is 0 Å². The summed E-state index contributed by atoms with van der Waals surface area (Å²) >= 11 is 0. The number of carbonyl (C=O) groups excluding carboxylic acids is 1. The number of nitrogens with zero attached hydrogens (tertiary/aromatic N) is 3. The van der Waals surface area contributed by atoms with Gasteiger partial charge in [-0.3, -0.25) is 9.59 Å². The summed E-state index contributed by atoms with van der Waals surface area (Å²) in [6, 6.07) is 13.6. The van der Waals surface area contributed by atoms with Crippen molar-refractivity contribution in [2.75, 3.05) is 26.8 Å². The van der Waals surface area contributed by atoms with Gasteiger partial charge in [0.25, 0.3) is 5.56 Å². The highest BCUT2D eigenvalue weighted by Crippen LogP contribution is 2.39. The van der Waals surface area contributed by atoms with Crippen molar-refractivity contribution in [2.45, 2.75) is 46.6 Å². The van der Waals surface area contributed by atoms with E-state index in [-0.39, 0.29) is 31.0 Å². The first kappa shape index (κ1) is 27.0. The van der Waals surface area contributed by atoms with E-state index < -0.39 is 0 Å². The number of hydrogen-bond donors (Lipinski definition) is 2. The van der Waals surface area contributed by atoms with E-state index in [1.807, 2.05) is 42.2 Å². The van der Waals surface area contributed by atoms with Gasteiger partial charge in [-0.25, -0.2) is 4.99 Å². The largest absolute Gasteiger partial charge is 0.496 e. The van der Waals surface area contributed by atoms with Crippen LogP contribution in [-0.4, -0.2) is 53.1 Å². The molecule has 0 atom stereocenters. The molecule has 38 heavy (non-hydrogen) atoms. The van der Waals surface area contributed by atoms with Crippen LogP contribution in [0, 0.1) is 19.1 Å².